The summed E-state index contributed by atoms with van der Waals surface area (Å²) in [6.07, 6.45) is 6.28. The summed E-state index contributed by atoms with van der Waals surface area (Å²) in [7, 11) is -3.45. The third-order valence-electron chi connectivity index (χ3n) is 7.35. The number of benzene rings is 4. The number of rotatable bonds is 10. The van der Waals surface area contributed by atoms with Crippen LogP contribution in [0.2, 0.25) is 0 Å². The predicted molar refractivity (Wildman–Crippen MR) is 172 cm³/mol. The predicted octanol–water partition coefficient (Wildman–Crippen LogP) is 1.37. The molecule has 1 unspecified atom stereocenters. The zero-order valence-electron chi connectivity index (χ0n) is 27.1. The minimum atomic E-state index is -3.45. The molecule has 234 valence electrons. The Bertz CT molecular complexity index is 1920. The minimum Gasteiger partial charge on any atom is -0.870 e. The first kappa shape index (κ1) is 39.9. The van der Waals surface area contributed by atoms with E-state index in [0.29, 0.717) is 34.1 Å². The molecule has 5 rings (SSSR count). The summed E-state index contributed by atoms with van der Waals surface area (Å²) in [6, 6.07) is 29.0. The number of hydrogen-bond donors (Lipinski definition) is 0. The Morgan fingerprint density at radius 1 is 0.787 bits per heavy atom. The first-order chi connectivity index (χ1) is 20.9. The molecule has 4 aromatic carbocycles. The Morgan fingerprint density at radius 3 is 1.79 bits per heavy atom. The molecule has 0 saturated carbocycles. The van der Waals surface area contributed by atoms with Crippen molar-refractivity contribution in [3.05, 3.63) is 144 Å². The van der Waals surface area contributed by atoms with Crippen LogP contribution in [0, 0.1) is 13.3 Å². The quantitative estimate of drug-likeness (QED) is 0.125. The van der Waals surface area contributed by atoms with Gasteiger partial charge in [-0.15, -0.1) is 23.6 Å². The van der Waals surface area contributed by atoms with E-state index in [1.165, 1.54) is 12.3 Å². The molecule has 8 nitrogen and oxygen atoms in total. The molecule has 5 aromatic rings. The molecule has 1 heterocycles. The van der Waals surface area contributed by atoms with Crippen molar-refractivity contribution in [1.82, 2.24) is 4.98 Å². The Balaban J connectivity index is 0.00000256. The smallest absolute Gasteiger partial charge is 0.870 e. The van der Waals surface area contributed by atoms with Crippen molar-refractivity contribution in [2.45, 2.75) is 36.0 Å². The molecule has 12 heteroatoms. The molecule has 0 spiro atoms. The van der Waals surface area contributed by atoms with Crippen molar-refractivity contribution in [2.75, 3.05) is 6.26 Å². The zero-order valence-corrected chi connectivity index (χ0v) is 28.8. The van der Waals surface area contributed by atoms with Crippen molar-refractivity contribution < 1.29 is 69.9 Å². The molecule has 0 radical (unpaired) electrons. The van der Waals surface area contributed by atoms with Crippen molar-refractivity contribution >= 4 is 20.9 Å². The second kappa shape index (κ2) is 16.7. The number of ether oxygens (including phenoxy) is 2. The molecule has 1 aromatic heterocycles. The van der Waals surface area contributed by atoms with Crippen LogP contribution in [-0.4, -0.2) is 33.9 Å². The third-order valence-corrected chi connectivity index (χ3v) is 9.32. The number of sulfone groups is 1. The van der Waals surface area contributed by atoms with Crippen LogP contribution in [0.3, 0.4) is 0 Å². The largest absolute Gasteiger partial charge is 1.00 e. The molecule has 0 aliphatic carbocycles. The van der Waals surface area contributed by atoms with E-state index in [0.717, 1.165) is 16.7 Å². The number of hydrogen-bond acceptors (Lipinski definition) is 8. The molecule has 0 amide bonds. The van der Waals surface area contributed by atoms with E-state index in [2.05, 4.69) is 18.8 Å². The van der Waals surface area contributed by atoms with E-state index in [1.54, 1.807) is 62.1 Å². The van der Waals surface area contributed by atoms with Crippen LogP contribution in [0.1, 0.15) is 41.7 Å². The molecular formula is C35H32Li2NO7S2-. The average Bonchev–Trinajstić information content (AvgIpc) is 2.99. The first-order valence-corrected chi connectivity index (χ1v) is 16.7. The summed E-state index contributed by atoms with van der Waals surface area (Å²) < 4.78 is 59.8. The van der Waals surface area contributed by atoms with E-state index < -0.39 is 20.9 Å². The standard InChI is InChI=1S/C35H32NO6S2.2Li.H2O/c1-24-7-12-32(22-33(24)43(37)38)42-30-15-10-28(11-16-30)35(2,3)27-8-13-29(14-9-27)41-31-17-18-34(44(4,39)40)26(21-31)20-25-6-5-19-36-23-25;;;/h5-23H,1-4H3,(H,37,38);;;1H2/q-1;2*+1;/p-2. The van der Waals surface area contributed by atoms with Crippen molar-refractivity contribution in [3.63, 3.8) is 0 Å². The van der Waals surface area contributed by atoms with Crippen LogP contribution in [0.25, 0.3) is 0 Å². The van der Waals surface area contributed by atoms with E-state index >= 15 is 0 Å². The molecule has 1 N–H and O–H groups in total. The van der Waals surface area contributed by atoms with E-state index in [-0.39, 0.29) is 58.4 Å². The fraction of sp³-hybridized carbons (Fsp3) is 0.143. The van der Waals surface area contributed by atoms with Gasteiger partial charge < -0.3 is 24.5 Å². The molecule has 0 aliphatic heterocycles. The summed E-state index contributed by atoms with van der Waals surface area (Å²) in [6.45, 7) is 5.99. The summed E-state index contributed by atoms with van der Waals surface area (Å²) >= 11 is -2.34. The minimum absolute atomic E-state index is 0. The SMILES string of the molecule is Cc1ccc(Oc2ccc(C(C)(C)c3ccc(Oc4ccc(S(C)(=O)=O)c([CH-]c5cccnc5)c4)cc3)cc2)cc1S(=O)[O-].[Li+].[Li+].[OH-]. The first-order valence-electron chi connectivity index (χ1n) is 13.8. The van der Waals surface area contributed by atoms with Crippen LogP contribution in [0.15, 0.2) is 119 Å². The second-order valence-electron chi connectivity index (χ2n) is 10.9. The van der Waals surface area contributed by atoms with Gasteiger partial charge >= 0.3 is 37.7 Å². The summed E-state index contributed by atoms with van der Waals surface area (Å²) in [5, 5.41) is 0. The van der Waals surface area contributed by atoms with Crippen molar-refractivity contribution in [1.29, 1.82) is 0 Å². The van der Waals surface area contributed by atoms with Crippen LogP contribution in [0.5, 0.6) is 23.0 Å². The Kier molecular flexibility index (Phi) is 14.2. The second-order valence-corrected chi connectivity index (χ2v) is 13.8. The number of pyridine rings is 1. The van der Waals surface area contributed by atoms with Gasteiger partial charge in [-0.1, -0.05) is 62.4 Å². The van der Waals surface area contributed by atoms with Crippen LogP contribution < -0.4 is 47.2 Å². The maximum absolute atomic E-state index is 12.4. The molecule has 0 fully saturated rings. The molecule has 0 saturated heterocycles. The van der Waals surface area contributed by atoms with Crippen LogP contribution >= 0.6 is 0 Å². The van der Waals surface area contributed by atoms with Gasteiger partial charge in [0.2, 0.25) is 0 Å². The van der Waals surface area contributed by atoms with Gasteiger partial charge in [0.25, 0.3) is 0 Å². The zero-order chi connectivity index (χ0) is 31.5. The summed E-state index contributed by atoms with van der Waals surface area (Å²) in [4.78, 5) is 4.53. The fourth-order valence-electron chi connectivity index (χ4n) is 4.82. The van der Waals surface area contributed by atoms with Gasteiger partial charge in [0.15, 0.2) is 0 Å². The average molecular weight is 657 g/mol. The van der Waals surface area contributed by atoms with Crippen LogP contribution in [-0.2, 0) is 26.3 Å². The van der Waals surface area contributed by atoms with E-state index in [4.69, 9.17) is 9.47 Å². The molecule has 47 heavy (non-hydrogen) atoms. The topological polar surface area (TPSA) is 136 Å². The maximum atomic E-state index is 12.4. The molecule has 0 bridgehead atoms. The number of nitrogens with zero attached hydrogens (tertiary/aromatic N) is 1. The van der Waals surface area contributed by atoms with Gasteiger partial charge in [-0.25, -0.2) is 8.42 Å². The Labute approximate surface area is 302 Å². The van der Waals surface area contributed by atoms with E-state index in [9.17, 15) is 17.2 Å². The third kappa shape index (κ3) is 9.87. The number of aryl methyl sites for hydroxylation is 1. The summed E-state index contributed by atoms with van der Waals surface area (Å²) in [5.74, 6) is 2.17. The number of aromatic nitrogens is 1. The molecule has 0 aliphatic rings. The summed E-state index contributed by atoms with van der Waals surface area (Å²) in [5.41, 5.74) is 3.76. The van der Waals surface area contributed by atoms with Gasteiger partial charge in [0, 0.05) is 27.7 Å². The Morgan fingerprint density at radius 2 is 1.30 bits per heavy atom. The normalized spacial score (nSPS) is 11.6. The van der Waals surface area contributed by atoms with Gasteiger partial charge in [-0.3, -0.25) is 4.21 Å². The van der Waals surface area contributed by atoms with E-state index in [1.807, 2.05) is 54.6 Å². The van der Waals surface area contributed by atoms with Crippen LogP contribution in [0.4, 0.5) is 0 Å². The monoisotopic (exact) mass is 656 g/mol. The molecular weight excluding hydrogens is 624 g/mol. The van der Waals surface area contributed by atoms with Crippen molar-refractivity contribution in [3.8, 4) is 23.0 Å². The molecule has 1 atom stereocenters. The van der Waals surface area contributed by atoms with Gasteiger partial charge in [0.1, 0.15) is 27.1 Å². The fourth-order valence-corrected chi connectivity index (χ4v) is 6.23. The Hall–Kier alpha value is -3.29. The van der Waals surface area contributed by atoms with Gasteiger partial charge in [-0.05, 0) is 83.4 Å². The van der Waals surface area contributed by atoms with Crippen molar-refractivity contribution in [2.24, 2.45) is 0 Å². The maximum Gasteiger partial charge on any atom is 1.00 e. The van der Waals surface area contributed by atoms with Gasteiger partial charge in [-0.2, -0.15) is 0 Å². The van der Waals surface area contributed by atoms with Gasteiger partial charge in [0.05, 0.1) is 5.75 Å².